The Bertz CT molecular complexity index is 959. The second-order valence-corrected chi connectivity index (χ2v) is 9.23. The van der Waals surface area contributed by atoms with Gasteiger partial charge in [0.05, 0.1) is 17.9 Å². The number of ether oxygens (including phenoxy) is 1. The summed E-state index contributed by atoms with van der Waals surface area (Å²) in [5.74, 6) is 0.375. The largest absolute Gasteiger partial charge is 0.496 e. The molecule has 0 aliphatic carbocycles. The molecule has 0 radical (unpaired) electrons. The first-order chi connectivity index (χ1) is 13.9. The van der Waals surface area contributed by atoms with Crippen molar-refractivity contribution in [2.75, 3.05) is 26.7 Å². The summed E-state index contributed by atoms with van der Waals surface area (Å²) in [5, 5.41) is 2.96. The zero-order valence-corrected chi connectivity index (χ0v) is 17.7. The van der Waals surface area contributed by atoms with E-state index < -0.39 is 10.0 Å². The molecule has 0 aromatic heterocycles. The number of hydrogen-bond donors (Lipinski definition) is 1. The first kappa shape index (κ1) is 21.3. The van der Waals surface area contributed by atoms with E-state index in [0.717, 1.165) is 16.9 Å². The van der Waals surface area contributed by atoms with Crippen LogP contribution < -0.4 is 10.1 Å². The van der Waals surface area contributed by atoms with Crippen LogP contribution in [0.1, 0.15) is 24.0 Å². The van der Waals surface area contributed by atoms with Crippen LogP contribution in [-0.2, 0) is 21.2 Å². The fraction of sp³-hybridized carbons (Fsp3) is 0.409. The molecule has 1 amide bonds. The highest BCUT2D eigenvalue weighted by Crippen LogP contribution is 2.25. The first-order valence-corrected chi connectivity index (χ1v) is 11.3. The van der Waals surface area contributed by atoms with Crippen molar-refractivity contribution in [1.82, 2.24) is 9.62 Å². The molecule has 6 nitrogen and oxygen atoms in total. The predicted octanol–water partition coefficient (Wildman–Crippen LogP) is 2.76. The second kappa shape index (κ2) is 9.41. The summed E-state index contributed by atoms with van der Waals surface area (Å²) in [6, 6.07) is 14.7. The molecule has 156 valence electrons. The maximum atomic E-state index is 13.0. The number of para-hydroxylation sites is 1. The molecule has 1 fully saturated rings. The Morgan fingerprint density at radius 3 is 2.66 bits per heavy atom. The number of carbonyl (C=O) groups excluding carboxylic acids is 1. The van der Waals surface area contributed by atoms with Crippen molar-refractivity contribution in [3.8, 4) is 5.75 Å². The molecule has 0 spiro atoms. The molecule has 1 N–H and O–H groups in total. The van der Waals surface area contributed by atoms with E-state index in [1.807, 2.05) is 30.3 Å². The average Bonchev–Trinajstić information content (AvgIpc) is 2.74. The van der Waals surface area contributed by atoms with E-state index in [1.165, 1.54) is 4.31 Å². The summed E-state index contributed by atoms with van der Waals surface area (Å²) in [6.07, 6.45) is 2.03. The smallest absolute Gasteiger partial charge is 0.243 e. The van der Waals surface area contributed by atoms with Gasteiger partial charge in [-0.15, -0.1) is 0 Å². The number of benzene rings is 2. The lowest BCUT2D eigenvalue weighted by atomic mass is 9.98. The number of carbonyl (C=O) groups is 1. The van der Waals surface area contributed by atoms with Gasteiger partial charge >= 0.3 is 0 Å². The van der Waals surface area contributed by atoms with E-state index in [0.29, 0.717) is 37.2 Å². The number of nitrogens with zero attached hydrogens (tertiary/aromatic N) is 1. The van der Waals surface area contributed by atoms with Crippen LogP contribution in [0.15, 0.2) is 53.4 Å². The molecule has 1 saturated heterocycles. The van der Waals surface area contributed by atoms with Crippen molar-refractivity contribution in [3.05, 3.63) is 59.7 Å². The molecule has 1 aliphatic rings. The summed E-state index contributed by atoms with van der Waals surface area (Å²) < 4.78 is 32.8. The van der Waals surface area contributed by atoms with Gasteiger partial charge in [0.1, 0.15) is 5.75 Å². The summed E-state index contributed by atoms with van der Waals surface area (Å²) in [4.78, 5) is 13.0. The molecular weight excluding hydrogens is 388 g/mol. The Hall–Kier alpha value is -2.38. The van der Waals surface area contributed by atoms with Gasteiger partial charge < -0.3 is 10.1 Å². The number of piperidine rings is 1. The zero-order chi connectivity index (χ0) is 20.9. The van der Waals surface area contributed by atoms with Crippen LogP contribution in [0.4, 0.5) is 0 Å². The highest BCUT2D eigenvalue weighted by Gasteiger charge is 2.33. The minimum absolute atomic E-state index is 0.0930. The summed E-state index contributed by atoms with van der Waals surface area (Å²) in [6.45, 7) is 2.94. The Morgan fingerprint density at radius 2 is 1.90 bits per heavy atom. The lowest BCUT2D eigenvalue weighted by Gasteiger charge is -2.31. The Morgan fingerprint density at radius 1 is 1.17 bits per heavy atom. The molecule has 0 saturated carbocycles. The SMILES string of the molecule is COc1ccccc1CCNC(=O)C1CCCN(S(=O)(=O)c2ccccc2C)C1. The van der Waals surface area contributed by atoms with Crippen molar-refractivity contribution in [3.63, 3.8) is 0 Å². The number of hydrogen-bond acceptors (Lipinski definition) is 4. The third-order valence-electron chi connectivity index (χ3n) is 5.35. The van der Waals surface area contributed by atoms with E-state index in [4.69, 9.17) is 4.74 Å². The molecule has 2 aromatic rings. The number of sulfonamides is 1. The van der Waals surface area contributed by atoms with Crippen LogP contribution in [0, 0.1) is 12.8 Å². The number of amides is 1. The fourth-order valence-electron chi connectivity index (χ4n) is 3.73. The molecule has 1 unspecified atom stereocenters. The molecule has 1 aliphatic heterocycles. The Balaban J connectivity index is 1.60. The summed E-state index contributed by atoms with van der Waals surface area (Å²) in [7, 11) is -1.97. The van der Waals surface area contributed by atoms with Gasteiger partial charge in [-0.3, -0.25) is 4.79 Å². The maximum Gasteiger partial charge on any atom is 0.243 e. The minimum Gasteiger partial charge on any atom is -0.496 e. The van der Waals surface area contributed by atoms with Gasteiger partial charge in [-0.25, -0.2) is 8.42 Å². The van der Waals surface area contributed by atoms with E-state index in [-0.39, 0.29) is 18.4 Å². The fourth-order valence-corrected chi connectivity index (χ4v) is 5.48. The maximum absolute atomic E-state index is 13.0. The molecule has 3 rings (SSSR count). The highest BCUT2D eigenvalue weighted by atomic mass is 32.2. The predicted molar refractivity (Wildman–Crippen MR) is 112 cm³/mol. The summed E-state index contributed by atoms with van der Waals surface area (Å²) >= 11 is 0. The van der Waals surface area contributed by atoms with Crippen molar-refractivity contribution in [2.24, 2.45) is 5.92 Å². The van der Waals surface area contributed by atoms with Gasteiger partial charge in [0, 0.05) is 19.6 Å². The second-order valence-electron chi connectivity index (χ2n) is 7.32. The monoisotopic (exact) mass is 416 g/mol. The summed E-state index contributed by atoms with van der Waals surface area (Å²) in [5.41, 5.74) is 1.75. The molecule has 1 heterocycles. The normalized spacial score (nSPS) is 17.7. The van der Waals surface area contributed by atoms with Crippen molar-refractivity contribution in [1.29, 1.82) is 0 Å². The Kier molecular flexibility index (Phi) is 6.92. The lowest BCUT2D eigenvalue weighted by molar-refractivity contribution is -0.126. The van der Waals surface area contributed by atoms with Gasteiger partial charge in [-0.05, 0) is 49.4 Å². The average molecular weight is 417 g/mol. The van der Waals surface area contributed by atoms with Crippen LogP contribution in [0.5, 0.6) is 5.75 Å². The third-order valence-corrected chi connectivity index (χ3v) is 7.38. The third kappa shape index (κ3) is 4.97. The van der Waals surface area contributed by atoms with Gasteiger partial charge in [0.15, 0.2) is 0 Å². The van der Waals surface area contributed by atoms with Crippen molar-refractivity contribution in [2.45, 2.75) is 31.1 Å². The Labute approximate surface area is 172 Å². The zero-order valence-electron chi connectivity index (χ0n) is 16.9. The van der Waals surface area contributed by atoms with E-state index in [2.05, 4.69) is 5.32 Å². The van der Waals surface area contributed by atoms with E-state index >= 15 is 0 Å². The van der Waals surface area contributed by atoms with Gasteiger partial charge in [-0.2, -0.15) is 4.31 Å². The van der Waals surface area contributed by atoms with Crippen LogP contribution in [0.25, 0.3) is 0 Å². The molecule has 2 aromatic carbocycles. The van der Waals surface area contributed by atoms with Crippen LogP contribution >= 0.6 is 0 Å². The topological polar surface area (TPSA) is 75.7 Å². The van der Waals surface area contributed by atoms with Crippen molar-refractivity contribution < 1.29 is 17.9 Å². The van der Waals surface area contributed by atoms with Crippen molar-refractivity contribution >= 4 is 15.9 Å². The van der Waals surface area contributed by atoms with Gasteiger partial charge in [-0.1, -0.05) is 36.4 Å². The van der Waals surface area contributed by atoms with E-state index in [9.17, 15) is 13.2 Å². The number of nitrogens with one attached hydrogen (secondary N) is 1. The van der Waals surface area contributed by atoms with Crippen LogP contribution in [0.2, 0.25) is 0 Å². The lowest BCUT2D eigenvalue weighted by Crippen LogP contribution is -2.45. The van der Waals surface area contributed by atoms with Crippen LogP contribution in [-0.4, -0.2) is 45.4 Å². The molecule has 1 atom stereocenters. The molecular formula is C22H28N2O4S. The quantitative estimate of drug-likeness (QED) is 0.753. The number of aryl methyl sites for hydroxylation is 1. The number of rotatable bonds is 7. The first-order valence-electron chi connectivity index (χ1n) is 9.89. The standard InChI is InChI=1S/C22H28N2O4S/c1-17-8-3-6-12-21(17)29(26,27)24-15-7-10-19(16-24)22(25)23-14-13-18-9-4-5-11-20(18)28-2/h3-6,8-9,11-12,19H,7,10,13-16H2,1-2H3,(H,23,25). The highest BCUT2D eigenvalue weighted by molar-refractivity contribution is 7.89. The molecule has 7 heteroatoms. The van der Waals surface area contributed by atoms with Gasteiger partial charge in [0.25, 0.3) is 0 Å². The number of methoxy groups -OCH3 is 1. The van der Waals surface area contributed by atoms with Crippen LogP contribution in [0.3, 0.4) is 0 Å². The van der Waals surface area contributed by atoms with Gasteiger partial charge in [0.2, 0.25) is 15.9 Å². The molecule has 0 bridgehead atoms. The minimum atomic E-state index is -3.59. The van der Waals surface area contributed by atoms with E-state index in [1.54, 1.807) is 32.2 Å². The molecule has 29 heavy (non-hydrogen) atoms.